The standard InChI is InChI=1S/C17H16ClNO3S/c1-2-14-15-9-8-12(18)10-16(15)19(17(14)11-20)23(21,22)13-6-4-3-5-7-13/h3-10,20H,2,11H2,1H3. The lowest BCUT2D eigenvalue weighted by Gasteiger charge is -2.11. The van der Waals surface area contributed by atoms with Gasteiger partial charge in [0.05, 0.1) is 22.7 Å². The molecule has 3 rings (SSSR count). The number of fused-ring (bicyclic) bond motifs is 1. The first kappa shape index (κ1) is 16.1. The second-order valence-electron chi connectivity index (χ2n) is 5.18. The second-order valence-corrected chi connectivity index (χ2v) is 7.40. The number of rotatable bonds is 4. The number of aliphatic hydroxyl groups excluding tert-OH is 1. The van der Waals surface area contributed by atoms with Crippen molar-refractivity contribution in [1.29, 1.82) is 0 Å². The molecule has 0 saturated carbocycles. The molecule has 23 heavy (non-hydrogen) atoms. The van der Waals surface area contributed by atoms with Crippen molar-refractivity contribution >= 4 is 32.5 Å². The highest BCUT2D eigenvalue weighted by atomic mass is 35.5. The molecular formula is C17H16ClNO3S. The van der Waals surface area contributed by atoms with Crippen molar-refractivity contribution in [3.63, 3.8) is 0 Å². The van der Waals surface area contributed by atoms with Crippen LogP contribution in [-0.4, -0.2) is 17.5 Å². The molecule has 0 amide bonds. The zero-order valence-electron chi connectivity index (χ0n) is 12.5. The highest BCUT2D eigenvalue weighted by Crippen LogP contribution is 2.32. The summed E-state index contributed by atoms with van der Waals surface area (Å²) in [5.74, 6) is 0. The molecule has 0 bridgehead atoms. The van der Waals surface area contributed by atoms with Crippen LogP contribution in [0.4, 0.5) is 0 Å². The van der Waals surface area contributed by atoms with Crippen molar-refractivity contribution < 1.29 is 13.5 Å². The summed E-state index contributed by atoms with van der Waals surface area (Å²) < 4.78 is 27.4. The fourth-order valence-electron chi connectivity index (χ4n) is 2.88. The smallest absolute Gasteiger partial charge is 0.268 e. The summed E-state index contributed by atoms with van der Waals surface area (Å²) in [4.78, 5) is 0.175. The van der Waals surface area contributed by atoms with Gasteiger partial charge in [0, 0.05) is 10.4 Å². The molecule has 1 N–H and O–H groups in total. The van der Waals surface area contributed by atoms with Crippen LogP contribution in [0.3, 0.4) is 0 Å². The van der Waals surface area contributed by atoms with Gasteiger partial charge >= 0.3 is 0 Å². The topological polar surface area (TPSA) is 59.3 Å². The third-order valence-electron chi connectivity index (χ3n) is 3.88. The molecular weight excluding hydrogens is 334 g/mol. The van der Waals surface area contributed by atoms with Crippen LogP contribution in [0.1, 0.15) is 18.2 Å². The molecule has 0 aliphatic heterocycles. The Hall–Kier alpha value is -1.82. The Morgan fingerprint density at radius 3 is 2.43 bits per heavy atom. The van der Waals surface area contributed by atoms with Gasteiger partial charge in [-0.2, -0.15) is 0 Å². The third-order valence-corrected chi connectivity index (χ3v) is 5.88. The van der Waals surface area contributed by atoms with E-state index >= 15 is 0 Å². The molecule has 6 heteroatoms. The quantitative estimate of drug-likeness (QED) is 0.783. The maximum absolute atomic E-state index is 13.1. The number of hydrogen-bond acceptors (Lipinski definition) is 3. The summed E-state index contributed by atoms with van der Waals surface area (Å²) in [6.45, 7) is 1.57. The summed E-state index contributed by atoms with van der Waals surface area (Å²) >= 11 is 6.06. The van der Waals surface area contributed by atoms with Crippen molar-refractivity contribution in [2.75, 3.05) is 0 Å². The lowest BCUT2D eigenvalue weighted by Crippen LogP contribution is -2.16. The highest BCUT2D eigenvalue weighted by molar-refractivity contribution is 7.90. The van der Waals surface area contributed by atoms with Crippen molar-refractivity contribution in [3.8, 4) is 0 Å². The molecule has 0 fully saturated rings. The van der Waals surface area contributed by atoms with E-state index < -0.39 is 10.0 Å². The van der Waals surface area contributed by atoms with Gasteiger partial charge < -0.3 is 5.11 Å². The molecule has 0 unspecified atom stereocenters. The zero-order valence-corrected chi connectivity index (χ0v) is 14.1. The summed E-state index contributed by atoms with van der Waals surface area (Å²) in [7, 11) is -3.82. The van der Waals surface area contributed by atoms with E-state index in [1.165, 1.54) is 3.97 Å². The number of nitrogens with zero attached hydrogens (tertiary/aromatic N) is 1. The normalized spacial score (nSPS) is 12.0. The van der Waals surface area contributed by atoms with Gasteiger partial charge in [0.25, 0.3) is 10.0 Å². The molecule has 0 saturated heterocycles. The van der Waals surface area contributed by atoms with Crippen molar-refractivity contribution in [2.45, 2.75) is 24.8 Å². The van der Waals surface area contributed by atoms with Gasteiger partial charge in [-0.1, -0.05) is 42.8 Å². The number of halogens is 1. The lowest BCUT2D eigenvalue weighted by atomic mass is 10.1. The lowest BCUT2D eigenvalue weighted by molar-refractivity contribution is 0.275. The van der Waals surface area contributed by atoms with Gasteiger partial charge in [-0.05, 0) is 36.2 Å². The molecule has 4 nitrogen and oxygen atoms in total. The van der Waals surface area contributed by atoms with Gasteiger partial charge in [0.1, 0.15) is 0 Å². The van der Waals surface area contributed by atoms with Crippen LogP contribution >= 0.6 is 11.6 Å². The van der Waals surface area contributed by atoms with E-state index in [2.05, 4.69) is 0 Å². The van der Waals surface area contributed by atoms with Crippen LogP contribution < -0.4 is 0 Å². The molecule has 0 spiro atoms. The van der Waals surface area contributed by atoms with Gasteiger partial charge in [-0.25, -0.2) is 12.4 Å². The van der Waals surface area contributed by atoms with Crippen molar-refractivity contribution in [1.82, 2.24) is 3.97 Å². The Morgan fingerprint density at radius 1 is 1.13 bits per heavy atom. The van der Waals surface area contributed by atoms with E-state index in [1.807, 2.05) is 6.92 Å². The molecule has 0 radical (unpaired) electrons. The SMILES string of the molecule is CCc1c(CO)n(S(=O)(=O)c2ccccc2)c2cc(Cl)ccc12. The number of benzene rings is 2. The molecule has 2 aromatic carbocycles. The summed E-state index contributed by atoms with van der Waals surface area (Å²) in [5.41, 5.74) is 1.69. The largest absolute Gasteiger partial charge is 0.390 e. The van der Waals surface area contributed by atoms with Crippen LogP contribution in [0, 0.1) is 0 Å². The molecule has 1 heterocycles. The minimum Gasteiger partial charge on any atom is -0.390 e. The van der Waals surface area contributed by atoms with E-state index in [9.17, 15) is 13.5 Å². The Kier molecular flexibility index (Phi) is 4.19. The number of hydrogen-bond donors (Lipinski definition) is 1. The van der Waals surface area contributed by atoms with Crippen molar-refractivity contribution in [2.24, 2.45) is 0 Å². The zero-order chi connectivity index (χ0) is 16.6. The first-order valence-electron chi connectivity index (χ1n) is 7.24. The summed E-state index contributed by atoms with van der Waals surface area (Å²) in [6.07, 6.45) is 0.616. The minimum atomic E-state index is -3.82. The third kappa shape index (κ3) is 2.55. The van der Waals surface area contributed by atoms with E-state index in [0.29, 0.717) is 22.7 Å². The van der Waals surface area contributed by atoms with Gasteiger partial charge in [0.15, 0.2) is 0 Å². The van der Waals surface area contributed by atoms with Crippen LogP contribution in [0.2, 0.25) is 5.02 Å². The average Bonchev–Trinajstić information content (AvgIpc) is 2.88. The van der Waals surface area contributed by atoms with Gasteiger partial charge in [0.2, 0.25) is 0 Å². The molecule has 0 aliphatic rings. The van der Waals surface area contributed by atoms with Crippen LogP contribution in [0.15, 0.2) is 53.4 Å². The van der Waals surface area contributed by atoms with Crippen LogP contribution in [0.5, 0.6) is 0 Å². The Balaban J connectivity index is 2.43. The number of aliphatic hydroxyl groups is 1. The van der Waals surface area contributed by atoms with Crippen LogP contribution in [0.25, 0.3) is 10.9 Å². The van der Waals surface area contributed by atoms with Crippen molar-refractivity contribution in [3.05, 3.63) is 64.8 Å². The van der Waals surface area contributed by atoms with Gasteiger partial charge in [-0.15, -0.1) is 0 Å². The Labute approximate surface area is 140 Å². The van der Waals surface area contributed by atoms with E-state index in [-0.39, 0.29) is 11.5 Å². The maximum atomic E-state index is 13.1. The van der Waals surface area contributed by atoms with Gasteiger partial charge in [-0.3, -0.25) is 0 Å². The summed E-state index contributed by atoms with van der Waals surface area (Å²) in [5, 5.41) is 11.0. The first-order valence-corrected chi connectivity index (χ1v) is 9.05. The Bertz CT molecular complexity index is 962. The summed E-state index contributed by atoms with van der Waals surface area (Å²) in [6, 6.07) is 13.3. The first-order chi connectivity index (χ1) is 11.0. The molecule has 120 valence electrons. The molecule has 1 aromatic heterocycles. The average molecular weight is 350 g/mol. The molecule has 0 atom stereocenters. The fourth-order valence-corrected chi connectivity index (χ4v) is 4.62. The predicted octanol–water partition coefficient (Wildman–Crippen LogP) is 3.59. The van der Waals surface area contributed by atoms with E-state index in [4.69, 9.17) is 11.6 Å². The monoisotopic (exact) mass is 349 g/mol. The number of aryl methyl sites for hydroxylation is 1. The Morgan fingerprint density at radius 2 is 1.83 bits per heavy atom. The predicted molar refractivity (Wildman–Crippen MR) is 91.3 cm³/mol. The minimum absolute atomic E-state index is 0.175. The molecule has 0 aliphatic carbocycles. The number of aromatic nitrogens is 1. The second kappa shape index (κ2) is 6.00. The van der Waals surface area contributed by atoms with E-state index in [0.717, 1.165) is 10.9 Å². The highest BCUT2D eigenvalue weighted by Gasteiger charge is 2.25. The van der Waals surface area contributed by atoms with Crippen LogP contribution in [-0.2, 0) is 23.1 Å². The van der Waals surface area contributed by atoms with E-state index in [1.54, 1.807) is 48.5 Å². The molecule has 3 aromatic rings. The fraction of sp³-hybridized carbons (Fsp3) is 0.176. The maximum Gasteiger partial charge on any atom is 0.268 e.